The minimum absolute atomic E-state index is 0.817. The van der Waals surface area contributed by atoms with Crippen molar-refractivity contribution in [3.63, 3.8) is 0 Å². The Morgan fingerprint density at radius 1 is 0.594 bits per heavy atom. The lowest BCUT2D eigenvalue weighted by Crippen LogP contribution is -1.95. The molecule has 6 rings (SSSR count). The van der Waals surface area contributed by atoms with Crippen molar-refractivity contribution >= 4 is 34.0 Å². The van der Waals surface area contributed by atoms with Gasteiger partial charge in [0.25, 0.3) is 0 Å². The van der Waals surface area contributed by atoms with Crippen LogP contribution in [0.4, 0.5) is 0 Å². The largest absolute Gasteiger partial charge is 0.360 e. The van der Waals surface area contributed by atoms with E-state index in [9.17, 15) is 0 Å². The number of para-hydroxylation sites is 2. The fourth-order valence-electron chi connectivity index (χ4n) is 4.15. The zero-order chi connectivity index (χ0) is 21.3. The first-order valence-corrected chi connectivity index (χ1v) is 10.6. The van der Waals surface area contributed by atoms with Crippen LogP contribution in [-0.4, -0.2) is 19.9 Å². The Hall–Kier alpha value is -4.44. The zero-order valence-electron chi connectivity index (χ0n) is 17.3. The Morgan fingerprint density at radius 3 is 1.88 bits per heavy atom. The second kappa shape index (κ2) is 7.67. The van der Waals surface area contributed by atoms with Crippen molar-refractivity contribution in [2.24, 2.45) is 0 Å². The number of benzene rings is 3. The second-order valence-electron chi connectivity index (χ2n) is 7.73. The van der Waals surface area contributed by atoms with Crippen LogP contribution in [-0.2, 0) is 0 Å². The van der Waals surface area contributed by atoms with Gasteiger partial charge < -0.3 is 9.97 Å². The van der Waals surface area contributed by atoms with Gasteiger partial charge in [0.1, 0.15) is 0 Å². The Balaban J connectivity index is 1.55. The van der Waals surface area contributed by atoms with Gasteiger partial charge in [0, 0.05) is 45.3 Å². The third-order valence-electron chi connectivity index (χ3n) is 5.73. The van der Waals surface area contributed by atoms with Crippen LogP contribution in [0.2, 0.25) is 0 Å². The number of fused-ring (bicyclic) bond motifs is 2. The summed E-state index contributed by atoms with van der Waals surface area (Å²) < 4.78 is 0. The standard InChI is InChI=1S/C28H20N4/c1-2-8-19(9-3-1)14-15-20-16-31-27(23-17-29-25-12-6-4-10-21(23)25)28(32-20)24-18-30-26-13-7-5-11-22(24)26/h1-18,29-30H/b15-14+. The molecule has 0 saturated heterocycles. The summed E-state index contributed by atoms with van der Waals surface area (Å²) in [5.41, 5.74) is 7.94. The molecule has 3 aromatic carbocycles. The summed E-state index contributed by atoms with van der Waals surface area (Å²) in [6.07, 6.45) is 9.97. The quantitative estimate of drug-likeness (QED) is 0.329. The highest BCUT2D eigenvalue weighted by molar-refractivity contribution is 6.02. The van der Waals surface area contributed by atoms with Gasteiger partial charge in [-0.05, 0) is 23.8 Å². The minimum Gasteiger partial charge on any atom is -0.360 e. The summed E-state index contributed by atoms with van der Waals surface area (Å²) in [6.45, 7) is 0. The van der Waals surface area contributed by atoms with Crippen LogP contribution in [0, 0.1) is 0 Å². The van der Waals surface area contributed by atoms with Crippen molar-refractivity contribution < 1.29 is 0 Å². The molecule has 0 spiro atoms. The van der Waals surface area contributed by atoms with E-state index < -0.39 is 0 Å². The molecule has 32 heavy (non-hydrogen) atoms. The highest BCUT2D eigenvalue weighted by Crippen LogP contribution is 2.36. The first kappa shape index (κ1) is 18.3. The number of aromatic nitrogens is 4. The molecule has 3 aromatic heterocycles. The highest BCUT2D eigenvalue weighted by Gasteiger charge is 2.17. The van der Waals surface area contributed by atoms with Crippen molar-refractivity contribution in [3.05, 3.63) is 109 Å². The van der Waals surface area contributed by atoms with Crippen molar-refractivity contribution in [2.75, 3.05) is 0 Å². The first-order chi connectivity index (χ1) is 15.9. The molecular formula is C28H20N4. The minimum atomic E-state index is 0.817. The van der Waals surface area contributed by atoms with Crippen LogP contribution in [0.1, 0.15) is 11.3 Å². The molecule has 0 aliphatic carbocycles. The maximum absolute atomic E-state index is 5.06. The van der Waals surface area contributed by atoms with E-state index in [2.05, 4.69) is 64.6 Å². The highest BCUT2D eigenvalue weighted by atomic mass is 14.8. The predicted molar refractivity (Wildman–Crippen MR) is 132 cm³/mol. The van der Waals surface area contributed by atoms with Crippen molar-refractivity contribution in [1.82, 2.24) is 19.9 Å². The van der Waals surface area contributed by atoms with Gasteiger partial charge in [0.15, 0.2) is 0 Å². The summed E-state index contributed by atoms with van der Waals surface area (Å²) in [7, 11) is 0. The monoisotopic (exact) mass is 412 g/mol. The van der Waals surface area contributed by atoms with E-state index in [4.69, 9.17) is 9.97 Å². The number of nitrogens with one attached hydrogen (secondary N) is 2. The summed E-state index contributed by atoms with van der Waals surface area (Å²) in [4.78, 5) is 16.7. The predicted octanol–water partition coefficient (Wildman–Crippen LogP) is 6.94. The fraction of sp³-hybridized carbons (Fsp3) is 0. The third kappa shape index (κ3) is 3.19. The number of H-pyrrole nitrogens is 2. The maximum Gasteiger partial charge on any atom is 0.0994 e. The SMILES string of the molecule is C(=C\c1cnc(-c2c[nH]c3ccccc23)c(-c2c[nH]c3ccccc23)n1)/c1ccccc1. The van der Waals surface area contributed by atoms with Crippen LogP contribution in [0.25, 0.3) is 56.5 Å². The number of hydrogen-bond donors (Lipinski definition) is 2. The first-order valence-electron chi connectivity index (χ1n) is 10.6. The number of nitrogens with zero attached hydrogens (tertiary/aromatic N) is 2. The third-order valence-corrected chi connectivity index (χ3v) is 5.73. The molecule has 0 saturated carbocycles. The lowest BCUT2D eigenvalue weighted by atomic mass is 10.0. The molecule has 0 atom stereocenters. The zero-order valence-corrected chi connectivity index (χ0v) is 17.3. The van der Waals surface area contributed by atoms with Gasteiger partial charge >= 0.3 is 0 Å². The van der Waals surface area contributed by atoms with Crippen molar-refractivity contribution in [3.8, 4) is 22.5 Å². The molecule has 4 nitrogen and oxygen atoms in total. The van der Waals surface area contributed by atoms with E-state index in [1.54, 1.807) is 0 Å². The Kier molecular flexibility index (Phi) is 4.40. The van der Waals surface area contributed by atoms with E-state index >= 15 is 0 Å². The molecule has 4 heteroatoms. The maximum atomic E-state index is 5.06. The van der Waals surface area contributed by atoms with E-state index in [1.165, 1.54) is 0 Å². The molecule has 3 heterocycles. The van der Waals surface area contributed by atoms with Crippen LogP contribution >= 0.6 is 0 Å². The molecule has 6 aromatic rings. The van der Waals surface area contributed by atoms with Crippen LogP contribution in [0.3, 0.4) is 0 Å². The van der Waals surface area contributed by atoms with E-state index in [0.717, 1.165) is 55.6 Å². The van der Waals surface area contributed by atoms with Crippen LogP contribution in [0.5, 0.6) is 0 Å². The van der Waals surface area contributed by atoms with E-state index in [1.807, 2.05) is 55.0 Å². The number of rotatable bonds is 4. The molecule has 0 amide bonds. The van der Waals surface area contributed by atoms with Gasteiger partial charge in [0.05, 0.1) is 23.3 Å². The second-order valence-corrected chi connectivity index (χ2v) is 7.73. The fourth-order valence-corrected chi connectivity index (χ4v) is 4.15. The van der Waals surface area contributed by atoms with E-state index in [0.29, 0.717) is 0 Å². The Morgan fingerprint density at radius 2 is 1.19 bits per heavy atom. The van der Waals surface area contributed by atoms with Gasteiger partial charge in [-0.15, -0.1) is 0 Å². The molecule has 0 aliphatic heterocycles. The molecule has 2 N–H and O–H groups in total. The molecule has 0 bridgehead atoms. The number of hydrogen-bond acceptors (Lipinski definition) is 2. The van der Waals surface area contributed by atoms with Crippen LogP contribution in [0.15, 0.2) is 97.5 Å². The van der Waals surface area contributed by atoms with E-state index in [-0.39, 0.29) is 0 Å². The van der Waals surface area contributed by atoms with Crippen molar-refractivity contribution in [1.29, 1.82) is 0 Å². The smallest absolute Gasteiger partial charge is 0.0994 e. The summed E-state index contributed by atoms with van der Waals surface area (Å²) in [5.74, 6) is 0. The van der Waals surface area contributed by atoms with Gasteiger partial charge in [-0.3, -0.25) is 4.98 Å². The molecule has 0 radical (unpaired) electrons. The van der Waals surface area contributed by atoms with Gasteiger partial charge in [-0.1, -0.05) is 72.8 Å². The van der Waals surface area contributed by atoms with Gasteiger partial charge in [-0.2, -0.15) is 0 Å². The normalized spacial score (nSPS) is 11.6. The topological polar surface area (TPSA) is 57.4 Å². The summed E-state index contributed by atoms with van der Waals surface area (Å²) in [6, 6.07) is 26.8. The average molecular weight is 412 g/mol. The Labute approximate surface area is 185 Å². The summed E-state index contributed by atoms with van der Waals surface area (Å²) in [5, 5.41) is 2.27. The van der Waals surface area contributed by atoms with Crippen LogP contribution < -0.4 is 0 Å². The molecule has 152 valence electrons. The summed E-state index contributed by atoms with van der Waals surface area (Å²) >= 11 is 0. The molecule has 0 unspecified atom stereocenters. The molecule has 0 aliphatic rings. The van der Waals surface area contributed by atoms with Crippen molar-refractivity contribution in [2.45, 2.75) is 0 Å². The average Bonchev–Trinajstić information content (AvgIpc) is 3.48. The lowest BCUT2D eigenvalue weighted by Gasteiger charge is -2.08. The van der Waals surface area contributed by atoms with Gasteiger partial charge in [-0.25, -0.2) is 4.98 Å². The number of aromatic amines is 2. The van der Waals surface area contributed by atoms with Gasteiger partial charge in [0.2, 0.25) is 0 Å². The lowest BCUT2D eigenvalue weighted by molar-refractivity contribution is 1.19. The Bertz CT molecular complexity index is 1570. The molecule has 0 fully saturated rings. The molecular weight excluding hydrogens is 392 g/mol.